The van der Waals surface area contributed by atoms with Crippen molar-refractivity contribution in [3.63, 3.8) is 0 Å². The lowest BCUT2D eigenvalue weighted by Crippen LogP contribution is -2.48. The van der Waals surface area contributed by atoms with E-state index in [4.69, 9.17) is 5.73 Å². The van der Waals surface area contributed by atoms with Crippen LogP contribution in [0.1, 0.15) is 12.0 Å². The fraction of sp³-hybridized carbons (Fsp3) is 0.333. The van der Waals surface area contributed by atoms with Crippen molar-refractivity contribution < 1.29 is 13.2 Å². The molecule has 0 bridgehead atoms. The van der Waals surface area contributed by atoms with Crippen molar-refractivity contribution in [2.45, 2.75) is 18.9 Å². The van der Waals surface area contributed by atoms with Gasteiger partial charge in [-0.2, -0.15) is 0 Å². The van der Waals surface area contributed by atoms with Gasteiger partial charge in [-0.05, 0) is 48.6 Å². The number of rotatable bonds is 3. The quantitative estimate of drug-likeness (QED) is 0.938. The lowest BCUT2D eigenvalue weighted by atomic mass is 9.88. The van der Waals surface area contributed by atoms with E-state index in [0.29, 0.717) is 25.2 Å². The van der Waals surface area contributed by atoms with E-state index in [1.54, 1.807) is 6.07 Å². The fourth-order valence-corrected chi connectivity index (χ4v) is 3.33. The maximum Gasteiger partial charge on any atom is 0.149 e. The van der Waals surface area contributed by atoms with Crippen molar-refractivity contribution >= 4 is 5.69 Å². The van der Waals surface area contributed by atoms with Gasteiger partial charge in [0, 0.05) is 25.2 Å². The zero-order chi connectivity index (χ0) is 16.4. The van der Waals surface area contributed by atoms with Crippen LogP contribution >= 0.6 is 0 Å². The Morgan fingerprint density at radius 3 is 2.52 bits per heavy atom. The normalized spacial score (nSPS) is 21.5. The zero-order valence-electron chi connectivity index (χ0n) is 12.7. The molecule has 2 aromatic carbocycles. The molecular formula is C18H19F3N2. The van der Waals surface area contributed by atoms with Gasteiger partial charge in [0.2, 0.25) is 0 Å². The van der Waals surface area contributed by atoms with Gasteiger partial charge in [0.15, 0.2) is 0 Å². The van der Waals surface area contributed by atoms with Crippen LogP contribution < -0.4 is 10.6 Å². The standard InChI is InChI=1S/C18H19F3N2/c19-14-3-1-2-12(7-14)6-13-8-16(22)11-23(10-13)18-5-4-15(20)9-17(18)21/h1-5,7,9,13,16H,6,8,10-11,22H2. The summed E-state index contributed by atoms with van der Waals surface area (Å²) in [5.74, 6) is -1.23. The number of anilines is 1. The number of nitrogens with zero attached hydrogens (tertiary/aromatic N) is 1. The summed E-state index contributed by atoms with van der Waals surface area (Å²) in [6.07, 6.45) is 1.49. The maximum absolute atomic E-state index is 14.0. The molecule has 5 heteroatoms. The molecular weight excluding hydrogens is 301 g/mol. The summed E-state index contributed by atoms with van der Waals surface area (Å²) in [5.41, 5.74) is 7.38. The second kappa shape index (κ2) is 6.62. The Balaban J connectivity index is 1.76. The highest BCUT2D eigenvalue weighted by molar-refractivity contribution is 5.48. The molecule has 3 rings (SSSR count). The molecule has 1 fully saturated rings. The van der Waals surface area contributed by atoms with E-state index in [1.165, 1.54) is 24.3 Å². The second-order valence-corrected chi connectivity index (χ2v) is 6.20. The van der Waals surface area contributed by atoms with Gasteiger partial charge in [0.1, 0.15) is 17.5 Å². The third-order valence-corrected chi connectivity index (χ3v) is 4.23. The monoisotopic (exact) mass is 320 g/mol. The molecule has 0 spiro atoms. The second-order valence-electron chi connectivity index (χ2n) is 6.20. The van der Waals surface area contributed by atoms with Crippen LogP contribution in [0.2, 0.25) is 0 Å². The van der Waals surface area contributed by atoms with Crippen LogP contribution in [0.15, 0.2) is 42.5 Å². The summed E-state index contributed by atoms with van der Waals surface area (Å²) in [7, 11) is 0. The van der Waals surface area contributed by atoms with E-state index < -0.39 is 11.6 Å². The summed E-state index contributed by atoms with van der Waals surface area (Å²) < 4.78 is 40.4. The predicted octanol–water partition coefficient (Wildman–Crippen LogP) is 3.50. The van der Waals surface area contributed by atoms with E-state index >= 15 is 0 Å². The summed E-state index contributed by atoms with van der Waals surface area (Å²) in [6.45, 7) is 1.15. The SMILES string of the molecule is NC1CC(Cc2cccc(F)c2)CN(c2ccc(F)cc2F)C1. The zero-order valence-corrected chi connectivity index (χ0v) is 12.7. The highest BCUT2D eigenvalue weighted by Crippen LogP contribution is 2.27. The van der Waals surface area contributed by atoms with Crippen molar-refractivity contribution in [3.05, 3.63) is 65.5 Å². The minimum absolute atomic E-state index is 0.0910. The molecule has 2 nitrogen and oxygen atoms in total. The molecule has 1 aliphatic heterocycles. The lowest BCUT2D eigenvalue weighted by Gasteiger charge is -2.38. The minimum atomic E-state index is -0.594. The molecule has 0 aliphatic carbocycles. The Kier molecular flexibility index (Phi) is 4.57. The Bertz CT molecular complexity index is 690. The number of benzene rings is 2. The van der Waals surface area contributed by atoms with Gasteiger partial charge in [-0.3, -0.25) is 0 Å². The molecule has 2 atom stereocenters. The van der Waals surface area contributed by atoms with Crippen LogP contribution in [0, 0.1) is 23.4 Å². The first-order valence-corrected chi connectivity index (χ1v) is 7.71. The van der Waals surface area contributed by atoms with Gasteiger partial charge in [-0.15, -0.1) is 0 Å². The first-order valence-electron chi connectivity index (χ1n) is 7.71. The van der Waals surface area contributed by atoms with E-state index in [9.17, 15) is 13.2 Å². The van der Waals surface area contributed by atoms with Gasteiger partial charge in [0.25, 0.3) is 0 Å². The molecule has 2 unspecified atom stereocenters. The topological polar surface area (TPSA) is 29.3 Å². The molecule has 23 heavy (non-hydrogen) atoms. The first kappa shape index (κ1) is 15.9. The summed E-state index contributed by atoms with van der Waals surface area (Å²) in [5, 5.41) is 0. The van der Waals surface area contributed by atoms with Crippen LogP contribution in [-0.2, 0) is 6.42 Å². The van der Waals surface area contributed by atoms with Gasteiger partial charge >= 0.3 is 0 Å². The van der Waals surface area contributed by atoms with Crippen LogP contribution in [0.25, 0.3) is 0 Å². The van der Waals surface area contributed by atoms with Gasteiger partial charge in [-0.25, -0.2) is 13.2 Å². The molecule has 122 valence electrons. The summed E-state index contributed by atoms with van der Waals surface area (Å²) in [4.78, 5) is 1.85. The highest BCUT2D eigenvalue weighted by atomic mass is 19.1. The Labute approximate surface area is 133 Å². The van der Waals surface area contributed by atoms with Gasteiger partial charge < -0.3 is 10.6 Å². The lowest BCUT2D eigenvalue weighted by molar-refractivity contribution is 0.371. The van der Waals surface area contributed by atoms with Crippen molar-refractivity contribution in [3.8, 4) is 0 Å². The molecule has 2 N–H and O–H groups in total. The Morgan fingerprint density at radius 2 is 1.78 bits per heavy atom. The van der Waals surface area contributed by atoms with E-state index in [1.807, 2.05) is 11.0 Å². The highest BCUT2D eigenvalue weighted by Gasteiger charge is 2.27. The number of hydrogen-bond donors (Lipinski definition) is 1. The summed E-state index contributed by atoms with van der Waals surface area (Å²) in [6, 6.07) is 9.99. The van der Waals surface area contributed by atoms with Crippen molar-refractivity contribution in [2.75, 3.05) is 18.0 Å². The number of hydrogen-bond acceptors (Lipinski definition) is 2. The van der Waals surface area contributed by atoms with Gasteiger partial charge in [0.05, 0.1) is 5.69 Å². The predicted molar refractivity (Wildman–Crippen MR) is 84.8 cm³/mol. The Morgan fingerprint density at radius 1 is 1.00 bits per heavy atom. The third kappa shape index (κ3) is 3.85. The minimum Gasteiger partial charge on any atom is -0.367 e. The average molecular weight is 320 g/mol. The number of nitrogens with two attached hydrogens (primary N) is 1. The molecule has 0 radical (unpaired) electrons. The van der Waals surface area contributed by atoms with Crippen LogP contribution in [0.4, 0.5) is 18.9 Å². The smallest absolute Gasteiger partial charge is 0.149 e. The van der Waals surface area contributed by atoms with Crippen LogP contribution in [0.3, 0.4) is 0 Å². The van der Waals surface area contributed by atoms with Crippen molar-refractivity contribution in [2.24, 2.45) is 11.7 Å². The first-order chi connectivity index (χ1) is 11.0. The molecule has 0 amide bonds. The molecule has 2 aromatic rings. The number of halogens is 3. The molecule has 1 heterocycles. The number of piperidine rings is 1. The van der Waals surface area contributed by atoms with Crippen molar-refractivity contribution in [1.29, 1.82) is 0 Å². The van der Waals surface area contributed by atoms with Crippen LogP contribution in [0.5, 0.6) is 0 Å². The van der Waals surface area contributed by atoms with Crippen LogP contribution in [-0.4, -0.2) is 19.1 Å². The molecule has 1 aliphatic rings. The Hall–Kier alpha value is -2.01. The third-order valence-electron chi connectivity index (χ3n) is 4.23. The maximum atomic E-state index is 14.0. The molecule has 0 aromatic heterocycles. The molecule has 1 saturated heterocycles. The largest absolute Gasteiger partial charge is 0.367 e. The van der Waals surface area contributed by atoms with Crippen molar-refractivity contribution in [1.82, 2.24) is 0 Å². The van der Waals surface area contributed by atoms with Gasteiger partial charge in [-0.1, -0.05) is 12.1 Å². The van der Waals surface area contributed by atoms with E-state index in [-0.39, 0.29) is 17.8 Å². The van der Waals surface area contributed by atoms with E-state index in [2.05, 4.69) is 0 Å². The van der Waals surface area contributed by atoms with E-state index in [0.717, 1.165) is 18.1 Å². The molecule has 0 saturated carbocycles. The average Bonchev–Trinajstić information content (AvgIpc) is 2.46. The summed E-state index contributed by atoms with van der Waals surface area (Å²) >= 11 is 0. The fourth-order valence-electron chi connectivity index (χ4n) is 3.33.